The van der Waals surface area contributed by atoms with Gasteiger partial charge in [0, 0.05) is 22.8 Å². The number of allylic oxidation sites excluding steroid dienone is 1. The Morgan fingerprint density at radius 1 is 0.458 bits per heavy atom. The van der Waals surface area contributed by atoms with E-state index in [1.165, 1.54) is 55.3 Å². The molecule has 0 saturated carbocycles. The molecule has 0 atom stereocenters. The number of rotatable bonds is 8. The molecule has 1 N–H and O–H groups in total. The van der Waals surface area contributed by atoms with E-state index in [0.717, 1.165) is 44.3 Å². The highest BCUT2D eigenvalue weighted by Gasteiger charge is 2.37. The average molecular weight is 755 g/mol. The van der Waals surface area contributed by atoms with Crippen LogP contribution in [0.2, 0.25) is 0 Å². The molecule has 0 amide bonds. The number of nitrogens with zero attached hydrogens (tertiary/aromatic N) is 1. The van der Waals surface area contributed by atoms with Gasteiger partial charge in [-0.2, -0.15) is 0 Å². The zero-order valence-corrected chi connectivity index (χ0v) is 33.2. The minimum atomic E-state index is -0.0997. The quantitative estimate of drug-likeness (QED) is 0.150. The molecular weight excluding hydrogens is 713 g/mol. The molecule has 1 aliphatic carbocycles. The predicted octanol–water partition coefficient (Wildman–Crippen LogP) is 14.8. The second-order valence-corrected chi connectivity index (χ2v) is 15.9. The molecule has 0 heterocycles. The highest BCUT2D eigenvalue weighted by atomic mass is 14.7. The molecule has 1 aliphatic rings. The van der Waals surface area contributed by atoms with E-state index in [-0.39, 0.29) is 5.41 Å². The number of aliphatic imine (C=N–C) groups is 1. The smallest absolute Gasteiger partial charge is 0.0723 e. The maximum atomic E-state index is 9.03. The van der Waals surface area contributed by atoms with E-state index >= 15 is 0 Å². The van der Waals surface area contributed by atoms with E-state index in [1.54, 1.807) is 0 Å². The Balaban J connectivity index is 1.06. The summed E-state index contributed by atoms with van der Waals surface area (Å²) in [6.07, 6.45) is 3.83. The fourth-order valence-electron chi connectivity index (χ4n) is 8.99. The van der Waals surface area contributed by atoms with Crippen molar-refractivity contribution in [2.75, 3.05) is 0 Å². The molecule has 0 spiro atoms. The molecule has 0 radical (unpaired) electrons. The van der Waals surface area contributed by atoms with Crippen LogP contribution in [0.4, 0.5) is 0 Å². The van der Waals surface area contributed by atoms with Crippen LogP contribution in [-0.4, -0.2) is 11.9 Å². The number of hydrogen-bond donors (Lipinski definition) is 1. The maximum absolute atomic E-state index is 9.03. The molecule has 9 aromatic rings. The van der Waals surface area contributed by atoms with E-state index in [4.69, 9.17) is 10.4 Å². The molecular formula is C57H42N2. The zero-order chi connectivity index (χ0) is 39.9. The van der Waals surface area contributed by atoms with Crippen LogP contribution in [0.3, 0.4) is 0 Å². The van der Waals surface area contributed by atoms with Gasteiger partial charge in [0.2, 0.25) is 0 Å². The number of hydrogen-bond acceptors (Lipinski definition) is 2. The van der Waals surface area contributed by atoms with Gasteiger partial charge in [-0.3, -0.25) is 4.99 Å². The second-order valence-electron chi connectivity index (χ2n) is 15.9. The third kappa shape index (κ3) is 6.49. The van der Waals surface area contributed by atoms with Gasteiger partial charge in [-0.15, -0.1) is 0 Å². The number of benzene rings is 9. The molecule has 0 aromatic heterocycles. The first kappa shape index (κ1) is 36.0. The summed E-state index contributed by atoms with van der Waals surface area (Å²) in [6.45, 7) is 4.72. The first-order valence-electron chi connectivity index (χ1n) is 20.3. The molecule has 0 bridgehead atoms. The van der Waals surface area contributed by atoms with Crippen LogP contribution < -0.4 is 0 Å². The van der Waals surface area contributed by atoms with E-state index in [1.807, 2.05) is 48.7 Å². The molecule has 0 aliphatic heterocycles. The van der Waals surface area contributed by atoms with Crippen LogP contribution in [0.25, 0.3) is 71.7 Å². The Morgan fingerprint density at radius 2 is 1.07 bits per heavy atom. The highest BCUT2D eigenvalue weighted by molar-refractivity contribution is 6.12. The van der Waals surface area contributed by atoms with Crippen molar-refractivity contribution in [1.29, 1.82) is 5.41 Å². The van der Waals surface area contributed by atoms with Gasteiger partial charge in [0.25, 0.3) is 0 Å². The number of nitrogens with one attached hydrogen (secondary N) is 1. The molecule has 9 aromatic carbocycles. The molecule has 0 saturated heterocycles. The Morgan fingerprint density at radius 3 is 1.88 bits per heavy atom. The number of fused-ring (bicyclic) bond motifs is 6. The lowest BCUT2D eigenvalue weighted by molar-refractivity contribution is 0.661. The Bertz CT molecular complexity index is 3130. The van der Waals surface area contributed by atoms with Crippen LogP contribution in [-0.2, 0) is 5.41 Å². The molecule has 280 valence electrons. The third-order valence-corrected chi connectivity index (χ3v) is 12.0. The lowest BCUT2D eigenvalue weighted by atomic mass is 9.81. The van der Waals surface area contributed by atoms with Crippen molar-refractivity contribution in [1.82, 2.24) is 0 Å². The standard InChI is InChI=1S/C57H42N2/c1-57(2)51-29-15-28-49(56(51)55-48-26-10-9-18-39(48)31-33-52(55)57)43-23-14-22-42(35-43)47-32-30-45(46-25-11-12-27-50(46)47)37-59-54(36-53(58)40-19-7-4-8-20-40)44-24-13-21-41(34-44)38-16-5-3-6-17-38/h3-37,58H,1-2H3/b54-36-,58-53?,59-37?. The fourth-order valence-corrected chi connectivity index (χ4v) is 8.99. The third-order valence-electron chi connectivity index (χ3n) is 12.0. The molecule has 2 nitrogen and oxygen atoms in total. The molecule has 0 fully saturated rings. The van der Waals surface area contributed by atoms with Crippen molar-refractivity contribution >= 4 is 39.2 Å². The van der Waals surface area contributed by atoms with Crippen molar-refractivity contribution in [3.8, 4) is 44.5 Å². The summed E-state index contributed by atoms with van der Waals surface area (Å²) >= 11 is 0. The SMILES string of the molecule is CC1(C)c2cccc(-c3cccc(-c4ccc(C=N/C(=C\C(=N)c5ccccc5)c5cccc(-c6ccccc6)c5)c5ccccc45)c3)c2-c2c1ccc1ccccc21. The minimum Gasteiger partial charge on any atom is -0.300 e. The summed E-state index contributed by atoms with van der Waals surface area (Å²) in [5.74, 6) is 0. The van der Waals surface area contributed by atoms with Gasteiger partial charge in [0.05, 0.1) is 11.4 Å². The van der Waals surface area contributed by atoms with Crippen LogP contribution in [0, 0.1) is 5.41 Å². The van der Waals surface area contributed by atoms with Crippen molar-refractivity contribution in [2.45, 2.75) is 19.3 Å². The lowest BCUT2D eigenvalue weighted by Crippen LogP contribution is -2.14. The zero-order valence-electron chi connectivity index (χ0n) is 33.2. The van der Waals surface area contributed by atoms with E-state index in [9.17, 15) is 0 Å². The maximum Gasteiger partial charge on any atom is 0.0723 e. The monoisotopic (exact) mass is 754 g/mol. The van der Waals surface area contributed by atoms with Gasteiger partial charge >= 0.3 is 0 Å². The first-order valence-corrected chi connectivity index (χ1v) is 20.3. The highest BCUT2D eigenvalue weighted by Crippen LogP contribution is 2.54. The summed E-state index contributed by atoms with van der Waals surface area (Å²) in [6, 6.07) is 70.9. The summed E-state index contributed by atoms with van der Waals surface area (Å²) in [4.78, 5) is 5.15. The van der Waals surface area contributed by atoms with Crippen molar-refractivity contribution < 1.29 is 0 Å². The Labute approximate surface area is 346 Å². The van der Waals surface area contributed by atoms with Crippen LogP contribution in [0.5, 0.6) is 0 Å². The van der Waals surface area contributed by atoms with Crippen LogP contribution in [0.1, 0.15) is 41.7 Å². The van der Waals surface area contributed by atoms with Crippen molar-refractivity contribution in [2.24, 2.45) is 4.99 Å². The normalized spacial score (nSPS) is 13.2. The Hall–Kier alpha value is -7.42. The summed E-state index contributed by atoms with van der Waals surface area (Å²) in [7, 11) is 0. The molecule has 2 heteroatoms. The van der Waals surface area contributed by atoms with Gasteiger partial charge in [-0.25, -0.2) is 0 Å². The van der Waals surface area contributed by atoms with Gasteiger partial charge < -0.3 is 5.41 Å². The lowest BCUT2D eigenvalue weighted by Gasteiger charge is -2.21. The fraction of sp³-hybridized carbons (Fsp3) is 0.0526. The van der Waals surface area contributed by atoms with E-state index < -0.39 is 0 Å². The van der Waals surface area contributed by atoms with Gasteiger partial charge in [0.15, 0.2) is 0 Å². The Kier molecular flexibility index (Phi) is 9.03. The predicted molar refractivity (Wildman–Crippen MR) is 251 cm³/mol. The summed E-state index contributed by atoms with van der Waals surface area (Å²) < 4.78 is 0. The minimum absolute atomic E-state index is 0.0997. The van der Waals surface area contributed by atoms with Crippen molar-refractivity contribution in [3.05, 3.63) is 234 Å². The summed E-state index contributed by atoms with van der Waals surface area (Å²) in [5.41, 5.74) is 16.4. The summed E-state index contributed by atoms with van der Waals surface area (Å²) in [5, 5.41) is 13.9. The second kappa shape index (κ2) is 14.8. The van der Waals surface area contributed by atoms with Crippen molar-refractivity contribution in [3.63, 3.8) is 0 Å². The molecule has 59 heavy (non-hydrogen) atoms. The topological polar surface area (TPSA) is 36.2 Å². The molecule has 0 unspecified atom stereocenters. The average Bonchev–Trinajstić information content (AvgIpc) is 3.54. The van der Waals surface area contributed by atoms with Gasteiger partial charge in [0.1, 0.15) is 0 Å². The van der Waals surface area contributed by atoms with Gasteiger partial charge in [-0.1, -0.05) is 202 Å². The van der Waals surface area contributed by atoms with Gasteiger partial charge in [-0.05, 0) is 101 Å². The largest absolute Gasteiger partial charge is 0.300 e. The van der Waals surface area contributed by atoms with Crippen LogP contribution >= 0.6 is 0 Å². The first-order chi connectivity index (χ1) is 28.9. The van der Waals surface area contributed by atoms with Crippen LogP contribution in [0.15, 0.2) is 211 Å². The van der Waals surface area contributed by atoms with E-state index in [0.29, 0.717) is 5.71 Å². The van der Waals surface area contributed by atoms with E-state index in [2.05, 4.69) is 178 Å². The molecule has 10 rings (SSSR count).